The normalized spacial score (nSPS) is 17.4. The Balaban J connectivity index is 1.68. The predicted molar refractivity (Wildman–Crippen MR) is 113 cm³/mol. The van der Waals surface area contributed by atoms with Crippen LogP contribution in [0.25, 0.3) is 22.2 Å². The largest absolute Gasteiger partial charge is 0.477 e. The van der Waals surface area contributed by atoms with Crippen molar-refractivity contribution in [3.8, 4) is 23.1 Å². The summed E-state index contributed by atoms with van der Waals surface area (Å²) in [5.41, 5.74) is 3.25. The maximum Gasteiger partial charge on any atom is 0.392 e. The number of likely N-dealkylation sites (N-methyl/N-ethyl adjacent to an activating group) is 1. The van der Waals surface area contributed by atoms with Gasteiger partial charge in [-0.05, 0) is 36.9 Å². The first-order valence-corrected chi connectivity index (χ1v) is 10.3. The van der Waals surface area contributed by atoms with Crippen molar-refractivity contribution in [1.29, 1.82) is 5.26 Å². The van der Waals surface area contributed by atoms with E-state index >= 15 is 0 Å². The summed E-state index contributed by atoms with van der Waals surface area (Å²) in [6.45, 7) is 2.50. The summed E-state index contributed by atoms with van der Waals surface area (Å²) in [7, 11) is 2.05. The lowest BCUT2D eigenvalue weighted by atomic mass is 10.0. The van der Waals surface area contributed by atoms with Crippen molar-refractivity contribution in [2.75, 3.05) is 33.4 Å². The van der Waals surface area contributed by atoms with Crippen molar-refractivity contribution in [2.24, 2.45) is 0 Å². The number of aromatic nitrogens is 2. The second-order valence-corrected chi connectivity index (χ2v) is 7.87. The van der Waals surface area contributed by atoms with E-state index in [2.05, 4.69) is 23.0 Å². The molecule has 6 nitrogen and oxygen atoms in total. The molecule has 168 valence electrons. The van der Waals surface area contributed by atoms with Gasteiger partial charge in [0.2, 0.25) is 5.88 Å². The third-order valence-corrected chi connectivity index (χ3v) is 5.41. The molecule has 1 aliphatic rings. The Bertz CT molecular complexity index is 1120. The number of ether oxygens (including phenoxy) is 2. The molecule has 1 atom stereocenters. The topological polar surface area (TPSA) is 63.3 Å². The first-order chi connectivity index (χ1) is 15.3. The SMILES string of the molecule is CN1CCOC(Cn2ccc3nc(OCCC(F)(F)F)c(-c4ccc(C#N)cc4)cc32)C1. The van der Waals surface area contributed by atoms with Crippen LogP contribution in [0.1, 0.15) is 12.0 Å². The molecule has 0 amide bonds. The number of fused-ring (bicyclic) bond motifs is 1. The van der Waals surface area contributed by atoms with Crippen molar-refractivity contribution < 1.29 is 22.6 Å². The lowest BCUT2D eigenvalue weighted by Crippen LogP contribution is -2.41. The van der Waals surface area contributed by atoms with Crippen molar-refractivity contribution in [2.45, 2.75) is 25.2 Å². The van der Waals surface area contributed by atoms with E-state index in [0.29, 0.717) is 35.4 Å². The number of halogens is 3. The van der Waals surface area contributed by atoms with Crippen molar-refractivity contribution >= 4 is 11.0 Å². The molecule has 9 heteroatoms. The van der Waals surface area contributed by atoms with E-state index in [9.17, 15) is 13.2 Å². The number of pyridine rings is 1. The molecule has 1 aliphatic heterocycles. The number of morpholine rings is 1. The molecule has 2 aromatic heterocycles. The van der Waals surface area contributed by atoms with Crippen LogP contribution >= 0.6 is 0 Å². The third-order valence-electron chi connectivity index (χ3n) is 5.41. The number of alkyl halides is 3. The molecule has 0 N–H and O–H groups in total. The molecular weight excluding hydrogens is 421 g/mol. The zero-order valence-electron chi connectivity index (χ0n) is 17.6. The van der Waals surface area contributed by atoms with Gasteiger partial charge in [-0.2, -0.15) is 18.4 Å². The highest BCUT2D eigenvalue weighted by Crippen LogP contribution is 2.33. The first-order valence-electron chi connectivity index (χ1n) is 10.3. The van der Waals surface area contributed by atoms with E-state index in [1.807, 2.05) is 22.9 Å². The number of benzene rings is 1. The van der Waals surface area contributed by atoms with Gasteiger partial charge in [-0.15, -0.1) is 0 Å². The van der Waals surface area contributed by atoms with Crippen LogP contribution in [-0.4, -0.2) is 60.1 Å². The minimum Gasteiger partial charge on any atom is -0.477 e. The van der Waals surface area contributed by atoms with Gasteiger partial charge in [0.25, 0.3) is 0 Å². The second-order valence-electron chi connectivity index (χ2n) is 7.87. The highest BCUT2D eigenvalue weighted by atomic mass is 19.4. The zero-order chi connectivity index (χ0) is 22.7. The molecule has 4 rings (SSSR count). The lowest BCUT2D eigenvalue weighted by Gasteiger charge is -2.30. The summed E-state index contributed by atoms with van der Waals surface area (Å²) in [6, 6.07) is 12.5. The van der Waals surface area contributed by atoms with Gasteiger partial charge < -0.3 is 18.9 Å². The summed E-state index contributed by atoms with van der Waals surface area (Å²) in [5, 5.41) is 9.06. The molecule has 0 bridgehead atoms. The summed E-state index contributed by atoms with van der Waals surface area (Å²) >= 11 is 0. The van der Waals surface area contributed by atoms with E-state index < -0.39 is 19.2 Å². The zero-order valence-corrected chi connectivity index (χ0v) is 17.6. The van der Waals surface area contributed by atoms with Crippen LogP contribution in [0.2, 0.25) is 0 Å². The van der Waals surface area contributed by atoms with E-state index in [-0.39, 0.29) is 12.0 Å². The van der Waals surface area contributed by atoms with Gasteiger partial charge in [0, 0.05) is 24.8 Å². The van der Waals surface area contributed by atoms with Gasteiger partial charge in [0.15, 0.2) is 0 Å². The Morgan fingerprint density at radius 3 is 2.72 bits per heavy atom. The number of rotatable bonds is 6. The summed E-state index contributed by atoms with van der Waals surface area (Å²) in [6.07, 6.45) is -3.44. The van der Waals surface area contributed by atoms with Crippen LogP contribution in [0.5, 0.6) is 5.88 Å². The van der Waals surface area contributed by atoms with Gasteiger partial charge in [0.1, 0.15) is 0 Å². The summed E-state index contributed by atoms with van der Waals surface area (Å²) in [5.74, 6) is 0.137. The van der Waals surface area contributed by atoms with Crippen molar-refractivity contribution in [3.63, 3.8) is 0 Å². The summed E-state index contributed by atoms with van der Waals surface area (Å²) < 4.78 is 51.3. The molecule has 1 fully saturated rings. The fraction of sp³-hybridized carbons (Fsp3) is 0.391. The Hall–Kier alpha value is -3.09. The third kappa shape index (κ3) is 5.21. The van der Waals surface area contributed by atoms with Crippen molar-refractivity contribution in [3.05, 3.63) is 48.2 Å². The first kappa shape index (κ1) is 22.1. The molecule has 3 heterocycles. The Morgan fingerprint density at radius 2 is 2.03 bits per heavy atom. The number of nitriles is 1. The Labute approximate surface area is 183 Å². The quantitative estimate of drug-likeness (QED) is 0.569. The lowest BCUT2D eigenvalue weighted by molar-refractivity contribution is -0.139. The standard InChI is InChI=1S/C23H23F3N4O2/c1-29-9-11-31-18(14-29)15-30-8-6-20-21(30)12-19(17-4-2-16(13-27)3-5-17)22(28-20)32-10-7-23(24,25)26/h2-6,8,12,18H,7,9-11,14-15H2,1H3. The highest BCUT2D eigenvalue weighted by Gasteiger charge is 2.27. The monoisotopic (exact) mass is 444 g/mol. The molecule has 0 radical (unpaired) electrons. The van der Waals surface area contributed by atoms with Gasteiger partial charge in [0.05, 0.1) is 54.9 Å². The van der Waals surface area contributed by atoms with Crippen LogP contribution in [0.15, 0.2) is 42.6 Å². The Kier molecular flexibility index (Phi) is 6.35. The van der Waals surface area contributed by atoms with E-state index in [1.54, 1.807) is 24.3 Å². The van der Waals surface area contributed by atoms with E-state index in [0.717, 1.165) is 18.6 Å². The van der Waals surface area contributed by atoms with E-state index in [1.165, 1.54) is 0 Å². The smallest absolute Gasteiger partial charge is 0.392 e. The Morgan fingerprint density at radius 1 is 1.25 bits per heavy atom. The van der Waals surface area contributed by atoms with Crippen LogP contribution in [0, 0.1) is 11.3 Å². The molecular formula is C23H23F3N4O2. The number of hydrogen-bond acceptors (Lipinski definition) is 5. The van der Waals surface area contributed by atoms with Crippen molar-refractivity contribution in [1.82, 2.24) is 14.5 Å². The molecule has 1 saturated heterocycles. The predicted octanol–water partition coefficient (Wildman–Crippen LogP) is 4.24. The molecule has 32 heavy (non-hydrogen) atoms. The fourth-order valence-corrected chi connectivity index (χ4v) is 3.75. The summed E-state index contributed by atoms with van der Waals surface area (Å²) in [4.78, 5) is 6.73. The maximum absolute atomic E-state index is 12.6. The van der Waals surface area contributed by atoms with Gasteiger partial charge in [-0.3, -0.25) is 0 Å². The highest BCUT2D eigenvalue weighted by molar-refractivity contribution is 5.84. The molecule has 0 spiro atoms. The minimum absolute atomic E-state index is 0.0328. The van der Waals surface area contributed by atoms with Crippen LogP contribution in [0.3, 0.4) is 0 Å². The average molecular weight is 444 g/mol. The van der Waals surface area contributed by atoms with Crippen LogP contribution in [-0.2, 0) is 11.3 Å². The second kappa shape index (κ2) is 9.18. The van der Waals surface area contributed by atoms with Gasteiger partial charge in [-0.1, -0.05) is 12.1 Å². The van der Waals surface area contributed by atoms with Gasteiger partial charge in [-0.25, -0.2) is 4.98 Å². The molecule has 3 aromatic rings. The van der Waals surface area contributed by atoms with Gasteiger partial charge >= 0.3 is 6.18 Å². The maximum atomic E-state index is 12.6. The molecule has 0 saturated carbocycles. The number of hydrogen-bond donors (Lipinski definition) is 0. The molecule has 1 unspecified atom stereocenters. The fourth-order valence-electron chi connectivity index (χ4n) is 3.75. The minimum atomic E-state index is -4.31. The molecule has 1 aromatic carbocycles. The number of nitrogens with zero attached hydrogens (tertiary/aromatic N) is 4. The van der Waals surface area contributed by atoms with E-state index in [4.69, 9.17) is 14.7 Å². The average Bonchev–Trinajstić information content (AvgIpc) is 3.14. The van der Waals surface area contributed by atoms with Crippen LogP contribution < -0.4 is 4.74 Å². The molecule has 0 aliphatic carbocycles. The van der Waals surface area contributed by atoms with Crippen LogP contribution in [0.4, 0.5) is 13.2 Å².